The van der Waals surface area contributed by atoms with Crippen LogP contribution in [0.25, 0.3) is 0 Å². The van der Waals surface area contributed by atoms with Gasteiger partial charge in [-0.1, -0.05) is 50.1 Å². The first-order valence-electron chi connectivity index (χ1n) is 7.06. The maximum Gasteiger partial charge on any atom is 0.408 e. The van der Waals surface area contributed by atoms with E-state index in [1.54, 1.807) is 0 Å². The Morgan fingerprint density at radius 3 is 2.85 bits per heavy atom. The Bertz CT molecular complexity index is 495. The SMILES string of the molecule is C[C@H]1CCCC[C@@]1(C#N)NC(=O)OCc1ccccc1. The summed E-state index contributed by atoms with van der Waals surface area (Å²) in [6.07, 6.45) is 3.24. The Balaban J connectivity index is 1.91. The zero-order valence-electron chi connectivity index (χ0n) is 11.8. The van der Waals surface area contributed by atoms with Gasteiger partial charge in [0.2, 0.25) is 0 Å². The van der Waals surface area contributed by atoms with Crippen LogP contribution in [0.2, 0.25) is 0 Å². The third-order valence-corrected chi connectivity index (χ3v) is 4.04. The molecule has 0 saturated heterocycles. The molecular formula is C16H20N2O2. The van der Waals surface area contributed by atoms with Crippen LogP contribution in [0.1, 0.15) is 38.2 Å². The quantitative estimate of drug-likeness (QED) is 0.917. The molecule has 1 saturated carbocycles. The largest absolute Gasteiger partial charge is 0.445 e. The number of nitrogens with zero attached hydrogens (tertiary/aromatic N) is 1. The third-order valence-electron chi connectivity index (χ3n) is 4.04. The lowest BCUT2D eigenvalue weighted by Crippen LogP contribution is -2.53. The van der Waals surface area contributed by atoms with Gasteiger partial charge in [0.1, 0.15) is 12.1 Å². The van der Waals surface area contributed by atoms with Crippen LogP contribution in [-0.4, -0.2) is 11.6 Å². The number of alkyl carbamates (subject to hydrolysis) is 1. The minimum Gasteiger partial charge on any atom is -0.445 e. The number of ether oxygens (including phenoxy) is 1. The van der Waals surface area contributed by atoms with E-state index in [1.165, 1.54) is 0 Å². The van der Waals surface area contributed by atoms with E-state index < -0.39 is 11.6 Å². The normalized spacial score (nSPS) is 25.5. The second-order valence-corrected chi connectivity index (χ2v) is 5.42. The summed E-state index contributed by atoms with van der Waals surface area (Å²) < 4.78 is 5.20. The molecule has 1 fully saturated rings. The lowest BCUT2D eigenvalue weighted by molar-refractivity contribution is 0.116. The fourth-order valence-electron chi connectivity index (χ4n) is 2.67. The molecule has 1 N–H and O–H groups in total. The fraction of sp³-hybridized carbons (Fsp3) is 0.500. The first-order valence-corrected chi connectivity index (χ1v) is 7.06. The van der Waals surface area contributed by atoms with E-state index in [4.69, 9.17) is 4.74 Å². The number of rotatable bonds is 3. The van der Waals surface area contributed by atoms with Gasteiger partial charge in [-0.25, -0.2) is 4.79 Å². The van der Waals surface area contributed by atoms with Gasteiger partial charge in [0.15, 0.2) is 0 Å². The lowest BCUT2D eigenvalue weighted by Gasteiger charge is -2.36. The zero-order chi connectivity index (χ0) is 14.4. The Hall–Kier alpha value is -2.02. The van der Waals surface area contributed by atoms with Crippen molar-refractivity contribution in [2.45, 2.75) is 44.8 Å². The molecule has 1 aromatic carbocycles. The third kappa shape index (κ3) is 3.30. The molecule has 20 heavy (non-hydrogen) atoms. The van der Waals surface area contributed by atoms with Crippen molar-refractivity contribution in [3.8, 4) is 6.07 Å². The molecule has 0 unspecified atom stereocenters. The smallest absolute Gasteiger partial charge is 0.408 e. The van der Waals surface area contributed by atoms with E-state index in [2.05, 4.69) is 11.4 Å². The molecular weight excluding hydrogens is 252 g/mol. The highest BCUT2D eigenvalue weighted by atomic mass is 16.5. The van der Waals surface area contributed by atoms with Gasteiger partial charge in [-0.15, -0.1) is 0 Å². The number of carbonyl (C=O) groups is 1. The Morgan fingerprint density at radius 1 is 1.45 bits per heavy atom. The van der Waals surface area contributed by atoms with Gasteiger partial charge in [0.25, 0.3) is 0 Å². The van der Waals surface area contributed by atoms with Gasteiger partial charge in [-0.2, -0.15) is 5.26 Å². The van der Waals surface area contributed by atoms with E-state index in [1.807, 2.05) is 37.3 Å². The Morgan fingerprint density at radius 2 is 2.20 bits per heavy atom. The molecule has 2 atom stereocenters. The summed E-state index contributed by atoms with van der Waals surface area (Å²) in [6.45, 7) is 2.24. The van der Waals surface area contributed by atoms with Crippen LogP contribution in [0.5, 0.6) is 0 Å². The summed E-state index contributed by atoms with van der Waals surface area (Å²) in [6, 6.07) is 11.8. The minimum absolute atomic E-state index is 0.158. The summed E-state index contributed by atoms with van der Waals surface area (Å²) >= 11 is 0. The van der Waals surface area contributed by atoms with Gasteiger partial charge in [-0.3, -0.25) is 0 Å². The number of carbonyl (C=O) groups excluding carboxylic acids is 1. The van der Waals surface area contributed by atoms with Crippen molar-refractivity contribution in [3.63, 3.8) is 0 Å². The monoisotopic (exact) mass is 272 g/mol. The molecule has 4 heteroatoms. The van der Waals surface area contributed by atoms with Crippen LogP contribution >= 0.6 is 0 Å². The summed E-state index contributed by atoms with van der Waals surface area (Å²) in [5.41, 5.74) is 0.164. The molecule has 1 amide bonds. The van der Waals surface area contributed by atoms with Crippen molar-refractivity contribution in [3.05, 3.63) is 35.9 Å². The van der Waals surface area contributed by atoms with Crippen LogP contribution in [0.3, 0.4) is 0 Å². The summed E-state index contributed by atoms with van der Waals surface area (Å²) in [5.74, 6) is 0.158. The molecule has 0 heterocycles. The van der Waals surface area contributed by atoms with Crippen LogP contribution in [0.15, 0.2) is 30.3 Å². The molecule has 2 rings (SSSR count). The van der Waals surface area contributed by atoms with Crippen molar-refractivity contribution in [1.29, 1.82) is 5.26 Å². The molecule has 1 aromatic rings. The fourth-order valence-corrected chi connectivity index (χ4v) is 2.67. The summed E-state index contributed by atoms with van der Waals surface area (Å²) in [4.78, 5) is 11.9. The van der Waals surface area contributed by atoms with Gasteiger partial charge in [0, 0.05) is 0 Å². The first-order chi connectivity index (χ1) is 9.66. The summed E-state index contributed by atoms with van der Waals surface area (Å²) in [5, 5.41) is 12.2. The van der Waals surface area contributed by atoms with Crippen molar-refractivity contribution < 1.29 is 9.53 Å². The zero-order valence-corrected chi connectivity index (χ0v) is 11.8. The lowest BCUT2D eigenvalue weighted by atomic mass is 9.75. The van der Waals surface area contributed by atoms with E-state index in [0.29, 0.717) is 6.42 Å². The number of nitriles is 1. The van der Waals surface area contributed by atoms with Crippen molar-refractivity contribution >= 4 is 6.09 Å². The standard InChI is InChI=1S/C16H20N2O2/c1-13-7-5-6-10-16(13,12-17)18-15(19)20-11-14-8-3-2-4-9-14/h2-4,8-9,13H,5-7,10-11H2,1H3,(H,18,19)/t13-,16-/m0/s1. The van der Waals surface area contributed by atoms with Crippen LogP contribution in [0, 0.1) is 17.2 Å². The van der Waals surface area contributed by atoms with Crippen molar-refractivity contribution in [1.82, 2.24) is 5.32 Å². The van der Waals surface area contributed by atoms with Crippen molar-refractivity contribution in [2.24, 2.45) is 5.92 Å². The molecule has 1 aliphatic carbocycles. The van der Waals surface area contributed by atoms with Crippen LogP contribution in [0.4, 0.5) is 4.79 Å². The number of hydrogen-bond acceptors (Lipinski definition) is 3. The maximum atomic E-state index is 11.9. The van der Waals surface area contributed by atoms with Gasteiger partial charge in [0.05, 0.1) is 6.07 Å². The number of hydrogen-bond donors (Lipinski definition) is 1. The second kappa shape index (κ2) is 6.42. The van der Waals surface area contributed by atoms with E-state index in [-0.39, 0.29) is 12.5 Å². The Labute approximate surface area is 119 Å². The topological polar surface area (TPSA) is 62.1 Å². The molecule has 0 aliphatic heterocycles. The van der Waals surface area contributed by atoms with Gasteiger partial charge < -0.3 is 10.1 Å². The van der Waals surface area contributed by atoms with Crippen LogP contribution < -0.4 is 5.32 Å². The number of nitrogens with one attached hydrogen (secondary N) is 1. The minimum atomic E-state index is -0.772. The van der Waals surface area contributed by atoms with Crippen molar-refractivity contribution in [2.75, 3.05) is 0 Å². The molecule has 1 aliphatic rings. The van der Waals surface area contributed by atoms with E-state index >= 15 is 0 Å². The molecule has 0 spiro atoms. The predicted molar refractivity (Wildman–Crippen MR) is 75.7 cm³/mol. The van der Waals surface area contributed by atoms with Gasteiger partial charge >= 0.3 is 6.09 Å². The predicted octanol–water partition coefficient (Wildman–Crippen LogP) is 3.39. The molecule has 0 bridgehead atoms. The highest BCUT2D eigenvalue weighted by Gasteiger charge is 2.40. The average molecular weight is 272 g/mol. The van der Waals surface area contributed by atoms with E-state index in [0.717, 1.165) is 24.8 Å². The molecule has 0 aromatic heterocycles. The molecule has 4 nitrogen and oxygen atoms in total. The first kappa shape index (κ1) is 14.4. The number of benzene rings is 1. The maximum absolute atomic E-state index is 11.9. The highest BCUT2D eigenvalue weighted by Crippen LogP contribution is 2.33. The molecule has 0 radical (unpaired) electrons. The van der Waals surface area contributed by atoms with E-state index in [9.17, 15) is 10.1 Å². The average Bonchev–Trinajstić information content (AvgIpc) is 2.49. The van der Waals surface area contributed by atoms with Gasteiger partial charge in [-0.05, 0) is 24.3 Å². The second-order valence-electron chi connectivity index (χ2n) is 5.42. The summed E-state index contributed by atoms with van der Waals surface area (Å²) in [7, 11) is 0. The highest BCUT2D eigenvalue weighted by molar-refractivity contribution is 5.69. The van der Waals surface area contributed by atoms with Crippen LogP contribution in [-0.2, 0) is 11.3 Å². The Kier molecular flexibility index (Phi) is 4.62. The number of amides is 1. The molecule has 106 valence electrons.